The second-order valence-corrected chi connectivity index (χ2v) is 1.35. The van der Waals surface area contributed by atoms with Crippen molar-refractivity contribution in [3.05, 3.63) is 0 Å². The lowest BCUT2D eigenvalue weighted by atomic mass is 10.3. The van der Waals surface area contributed by atoms with Crippen molar-refractivity contribution in [2.45, 2.75) is 12.8 Å². The lowest BCUT2D eigenvalue weighted by Gasteiger charge is -1.88. The molecule has 0 heterocycles. The summed E-state index contributed by atoms with van der Waals surface area (Å²) in [5, 5.41) is 2.92. The molecule has 2 heteroatoms. The van der Waals surface area contributed by atoms with E-state index in [0.29, 0.717) is 6.42 Å². The number of rotatable bonds is 4. The van der Waals surface area contributed by atoms with E-state index in [1.165, 1.54) is 0 Å². The summed E-state index contributed by atoms with van der Waals surface area (Å²) >= 11 is 0. The van der Waals surface area contributed by atoms with Crippen LogP contribution >= 0.6 is 0 Å². The molecule has 0 rings (SSSR count). The summed E-state index contributed by atoms with van der Waals surface area (Å²) in [6.45, 7) is 0.912. The number of hydrogen-bond acceptors (Lipinski definition) is 2. The minimum absolute atomic E-state index is 0.556. The molecule has 2 nitrogen and oxygen atoms in total. The molecule has 0 bridgehead atoms. The van der Waals surface area contributed by atoms with Crippen LogP contribution in [0.25, 0.3) is 0 Å². The van der Waals surface area contributed by atoms with Crippen molar-refractivity contribution in [3.8, 4) is 0 Å². The van der Waals surface area contributed by atoms with Crippen molar-refractivity contribution in [2.75, 3.05) is 13.6 Å². The topological polar surface area (TPSA) is 29.1 Å². The fourth-order valence-corrected chi connectivity index (χ4v) is 0.337. The number of carbonyl (C=O) groups excluding carboxylic acids is 1. The fourth-order valence-electron chi connectivity index (χ4n) is 0.337. The molecule has 0 amide bonds. The molecule has 0 saturated carbocycles. The third-order valence-electron chi connectivity index (χ3n) is 0.706. The summed E-state index contributed by atoms with van der Waals surface area (Å²) < 4.78 is 0. The zero-order valence-corrected chi connectivity index (χ0v) is 4.53. The minimum atomic E-state index is 0.556. The van der Waals surface area contributed by atoms with Gasteiger partial charge in [0.1, 0.15) is 0 Å². The van der Waals surface area contributed by atoms with E-state index in [2.05, 4.69) is 5.32 Å². The molecule has 0 atom stereocenters. The van der Waals surface area contributed by atoms with Gasteiger partial charge < -0.3 is 5.32 Å². The standard InChI is InChI=1S/C5H10NO/c1-6-4-2-3-5-7/h6H,2-4H2,1H3. The zero-order valence-electron chi connectivity index (χ0n) is 4.53. The van der Waals surface area contributed by atoms with Crippen molar-refractivity contribution < 1.29 is 4.79 Å². The van der Waals surface area contributed by atoms with Gasteiger partial charge in [0, 0.05) is 6.42 Å². The van der Waals surface area contributed by atoms with Crippen molar-refractivity contribution in [2.24, 2.45) is 0 Å². The quantitative estimate of drug-likeness (QED) is 0.507. The normalized spacial score (nSPS) is 8.71. The largest absolute Gasteiger partial charge is 0.320 e. The van der Waals surface area contributed by atoms with Gasteiger partial charge in [0.2, 0.25) is 0 Å². The van der Waals surface area contributed by atoms with Crippen LogP contribution < -0.4 is 5.32 Å². The molecule has 0 spiro atoms. The van der Waals surface area contributed by atoms with Crippen molar-refractivity contribution in [1.82, 2.24) is 5.32 Å². The maximum absolute atomic E-state index is 9.53. The Morgan fingerprint density at radius 3 is 2.86 bits per heavy atom. The highest BCUT2D eigenvalue weighted by Crippen LogP contribution is 1.77. The summed E-state index contributed by atoms with van der Waals surface area (Å²) in [4.78, 5) is 9.53. The zero-order chi connectivity index (χ0) is 5.54. The van der Waals surface area contributed by atoms with E-state index >= 15 is 0 Å². The minimum Gasteiger partial charge on any atom is -0.320 e. The molecular weight excluding hydrogens is 90.1 g/mol. The highest BCUT2D eigenvalue weighted by Gasteiger charge is 1.80. The van der Waals surface area contributed by atoms with Crippen LogP contribution in [-0.2, 0) is 4.79 Å². The van der Waals surface area contributed by atoms with Gasteiger partial charge in [0.25, 0.3) is 0 Å². The Morgan fingerprint density at radius 2 is 2.43 bits per heavy atom. The Hall–Kier alpha value is -0.370. The summed E-state index contributed by atoms with van der Waals surface area (Å²) in [5.74, 6) is 0. The predicted molar refractivity (Wildman–Crippen MR) is 28.9 cm³/mol. The highest BCUT2D eigenvalue weighted by atomic mass is 16.1. The molecule has 0 saturated heterocycles. The number of unbranched alkanes of at least 4 members (excludes halogenated alkanes) is 1. The molecule has 0 aromatic carbocycles. The lowest BCUT2D eigenvalue weighted by molar-refractivity contribution is 0.547. The molecule has 0 aromatic rings. The molecule has 7 heavy (non-hydrogen) atoms. The van der Waals surface area contributed by atoms with E-state index < -0.39 is 0 Å². The van der Waals surface area contributed by atoms with Gasteiger partial charge in [-0.05, 0) is 20.0 Å². The molecule has 0 aromatic heterocycles. The Balaban J connectivity index is 2.56. The van der Waals surface area contributed by atoms with Gasteiger partial charge in [0.15, 0.2) is 6.29 Å². The molecular formula is C5H10NO. The Bertz CT molecular complexity index is 45.3. The molecule has 0 aliphatic heterocycles. The fraction of sp³-hybridized carbons (Fsp3) is 0.800. The molecule has 1 N–H and O–H groups in total. The van der Waals surface area contributed by atoms with Gasteiger partial charge in [-0.2, -0.15) is 0 Å². The average molecular weight is 100 g/mol. The predicted octanol–water partition coefficient (Wildman–Crippen LogP) is 0.0957. The second-order valence-electron chi connectivity index (χ2n) is 1.35. The van der Waals surface area contributed by atoms with Crippen LogP contribution in [0, 0.1) is 0 Å². The van der Waals surface area contributed by atoms with E-state index in [1.54, 1.807) is 0 Å². The molecule has 41 valence electrons. The molecule has 0 fully saturated rings. The first-order chi connectivity index (χ1) is 3.41. The van der Waals surface area contributed by atoms with Crippen LogP contribution in [0.5, 0.6) is 0 Å². The van der Waals surface area contributed by atoms with E-state index in [9.17, 15) is 4.79 Å². The maximum Gasteiger partial charge on any atom is 0.198 e. The van der Waals surface area contributed by atoms with E-state index in [0.717, 1.165) is 13.0 Å². The Labute approximate surface area is 43.9 Å². The van der Waals surface area contributed by atoms with Crippen LogP contribution in [0.3, 0.4) is 0 Å². The van der Waals surface area contributed by atoms with Crippen molar-refractivity contribution in [1.29, 1.82) is 0 Å². The van der Waals surface area contributed by atoms with E-state index in [4.69, 9.17) is 0 Å². The Morgan fingerprint density at radius 1 is 1.71 bits per heavy atom. The van der Waals surface area contributed by atoms with Gasteiger partial charge in [-0.25, -0.2) is 0 Å². The summed E-state index contributed by atoms with van der Waals surface area (Å²) in [6.07, 6.45) is 3.27. The highest BCUT2D eigenvalue weighted by molar-refractivity contribution is 5.50. The van der Waals surface area contributed by atoms with E-state index in [1.807, 2.05) is 13.3 Å². The number of nitrogens with one attached hydrogen (secondary N) is 1. The first-order valence-electron chi connectivity index (χ1n) is 2.41. The summed E-state index contributed by atoms with van der Waals surface area (Å²) in [6, 6.07) is 0. The van der Waals surface area contributed by atoms with Crippen LogP contribution in [0.1, 0.15) is 12.8 Å². The summed E-state index contributed by atoms with van der Waals surface area (Å²) in [5.41, 5.74) is 0. The first-order valence-corrected chi connectivity index (χ1v) is 2.41. The van der Waals surface area contributed by atoms with Gasteiger partial charge in [-0.15, -0.1) is 0 Å². The Kier molecular flexibility index (Phi) is 5.33. The van der Waals surface area contributed by atoms with Crippen LogP contribution in [0.15, 0.2) is 0 Å². The third kappa shape index (κ3) is 5.63. The lowest BCUT2D eigenvalue weighted by Crippen LogP contribution is -2.06. The summed E-state index contributed by atoms with van der Waals surface area (Å²) in [7, 11) is 1.87. The van der Waals surface area contributed by atoms with Crippen LogP contribution in [-0.4, -0.2) is 19.9 Å². The van der Waals surface area contributed by atoms with Gasteiger partial charge in [0.05, 0.1) is 0 Å². The molecule has 0 aliphatic rings. The molecule has 0 unspecified atom stereocenters. The van der Waals surface area contributed by atoms with Gasteiger partial charge in [-0.3, -0.25) is 4.79 Å². The van der Waals surface area contributed by atoms with E-state index in [-0.39, 0.29) is 0 Å². The maximum atomic E-state index is 9.53. The number of hydrogen-bond donors (Lipinski definition) is 1. The van der Waals surface area contributed by atoms with Gasteiger partial charge in [-0.1, -0.05) is 0 Å². The average Bonchev–Trinajstić information content (AvgIpc) is 1.69. The second kappa shape index (κ2) is 5.63. The monoisotopic (exact) mass is 100 g/mol. The van der Waals surface area contributed by atoms with Crippen molar-refractivity contribution in [3.63, 3.8) is 0 Å². The van der Waals surface area contributed by atoms with Crippen LogP contribution in [0.4, 0.5) is 0 Å². The van der Waals surface area contributed by atoms with Crippen molar-refractivity contribution >= 4 is 6.29 Å². The third-order valence-corrected chi connectivity index (χ3v) is 0.706. The smallest absolute Gasteiger partial charge is 0.198 e. The van der Waals surface area contributed by atoms with Crippen LogP contribution in [0.2, 0.25) is 0 Å². The first kappa shape index (κ1) is 6.63. The molecule has 0 aliphatic carbocycles. The SMILES string of the molecule is CNCCC[C]=O. The molecule has 1 radical (unpaired) electrons. The van der Waals surface area contributed by atoms with Gasteiger partial charge >= 0.3 is 0 Å².